The van der Waals surface area contributed by atoms with Crippen LogP contribution >= 0.6 is 0 Å². The first-order chi connectivity index (χ1) is 13.1. The Labute approximate surface area is 158 Å². The summed E-state index contributed by atoms with van der Waals surface area (Å²) in [5, 5.41) is 4.66. The molecule has 0 N–H and O–H groups in total. The molecule has 8 heteroatoms. The van der Waals surface area contributed by atoms with Gasteiger partial charge >= 0.3 is 0 Å². The van der Waals surface area contributed by atoms with E-state index in [0.29, 0.717) is 11.8 Å². The Kier molecular flexibility index (Phi) is 4.89. The minimum absolute atomic E-state index is 0.0708. The second-order valence-electron chi connectivity index (χ2n) is 7.03. The quantitative estimate of drug-likeness (QED) is 0.680. The summed E-state index contributed by atoms with van der Waals surface area (Å²) in [6, 6.07) is 6.41. The molecule has 142 valence electrons. The average Bonchev–Trinajstić information content (AvgIpc) is 3.22. The lowest BCUT2D eigenvalue weighted by Gasteiger charge is -2.38. The zero-order chi connectivity index (χ0) is 18.8. The van der Waals surface area contributed by atoms with E-state index in [4.69, 9.17) is 9.26 Å². The van der Waals surface area contributed by atoms with Crippen molar-refractivity contribution < 1.29 is 9.26 Å². The lowest BCUT2D eigenvalue weighted by Crippen LogP contribution is -2.47. The zero-order valence-electron chi connectivity index (χ0n) is 15.9. The van der Waals surface area contributed by atoms with E-state index in [1.165, 1.54) is 6.33 Å². The molecule has 1 fully saturated rings. The number of nitrogens with zero attached hydrogens (tertiary/aromatic N) is 6. The number of benzene rings is 1. The van der Waals surface area contributed by atoms with Gasteiger partial charge in [0.1, 0.15) is 6.33 Å². The Balaban J connectivity index is 1.50. The van der Waals surface area contributed by atoms with E-state index in [-0.39, 0.29) is 12.1 Å². The van der Waals surface area contributed by atoms with Crippen LogP contribution in [0, 0.1) is 0 Å². The smallest absolute Gasteiger partial charge is 0.243 e. The minimum Gasteiger partial charge on any atom is -0.474 e. The van der Waals surface area contributed by atoms with Gasteiger partial charge in [0.05, 0.1) is 23.0 Å². The number of ether oxygens (including phenoxy) is 1. The van der Waals surface area contributed by atoms with E-state index in [1.54, 1.807) is 6.33 Å². The molecule has 27 heavy (non-hydrogen) atoms. The van der Waals surface area contributed by atoms with E-state index in [0.717, 1.165) is 42.8 Å². The van der Waals surface area contributed by atoms with E-state index < -0.39 is 0 Å². The second-order valence-corrected chi connectivity index (χ2v) is 7.03. The molecule has 8 nitrogen and oxygen atoms in total. The van der Waals surface area contributed by atoms with Crippen molar-refractivity contribution in [1.29, 1.82) is 0 Å². The van der Waals surface area contributed by atoms with Gasteiger partial charge in [0.2, 0.25) is 11.8 Å². The Morgan fingerprint density at radius 1 is 1.00 bits per heavy atom. The lowest BCUT2D eigenvalue weighted by molar-refractivity contribution is 0.164. The predicted molar refractivity (Wildman–Crippen MR) is 102 cm³/mol. The van der Waals surface area contributed by atoms with Crippen molar-refractivity contribution >= 4 is 16.6 Å². The van der Waals surface area contributed by atoms with Gasteiger partial charge in [-0.05, 0) is 39.0 Å². The highest BCUT2D eigenvalue weighted by atomic mass is 16.5. The van der Waals surface area contributed by atoms with E-state index in [1.807, 2.05) is 19.9 Å². The van der Waals surface area contributed by atoms with E-state index in [9.17, 15) is 0 Å². The fourth-order valence-electron chi connectivity index (χ4n) is 3.42. The van der Waals surface area contributed by atoms with E-state index in [2.05, 4.69) is 49.0 Å². The molecule has 0 aliphatic carbocycles. The fraction of sp³-hybridized carbons (Fsp3) is 0.474. The van der Waals surface area contributed by atoms with Gasteiger partial charge in [-0.25, -0.2) is 9.97 Å². The van der Waals surface area contributed by atoms with Gasteiger partial charge in [0, 0.05) is 31.9 Å². The van der Waals surface area contributed by atoms with Crippen molar-refractivity contribution in [2.45, 2.75) is 32.9 Å². The monoisotopic (exact) mass is 368 g/mol. The standard InChI is InChI=1S/C19H24N6O2/c1-13(2)26-19-16-10-15(4-5-17(16)20-11-21-19)25-8-6-24(7-9-25)14(3)18-22-12-23-27-18/h4-5,10-14H,6-9H2,1-3H3. The number of anilines is 1. The van der Waals surface area contributed by atoms with Crippen LogP contribution < -0.4 is 9.64 Å². The Bertz CT molecular complexity index is 890. The summed E-state index contributed by atoms with van der Waals surface area (Å²) in [6.45, 7) is 9.83. The summed E-state index contributed by atoms with van der Waals surface area (Å²) in [6.07, 6.45) is 3.08. The SMILES string of the molecule is CC(C)Oc1ncnc2ccc(N3CCN(C(C)c4ncno4)CC3)cc12. The van der Waals surface area contributed by atoms with Gasteiger partial charge in [-0.2, -0.15) is 4.98 Å². The van der Waals surface area contributed by atoms with Crippen molar-refractivity contribution in [3.05, 3.63) is 36.7 Å². The first-order valence-corrected chi connectivity index (χ1v) is 9.29. The maximum absolute atomic E-state index is 5.86. The van der Waals surface area contributed by atoms with Gasteiger partial charge in [-0.15, -0.1) is 0 Å². The molecule has 0 amide bonds. The Morgan fingerprint density at radius 2 is 1.81 bits per heavy atom. The third-order valence-electron chi connectivity index (χ3n) is 4.89. The molecule has 0 spiro atoms. The van der Waals surface area contributed by atoms with Crippen molar-refractivity contribution in [1.82, 2.24) is 25.0 Å². The largest absolute Gasteiger partial charge is 0.474 e. The highest BCUT2D eigenvalue weighted by Gasteiger charge is 2.25. The van der Waals surface area contributed by atoms with Gasteiger partial charge in [-0.3, -0.25) is 4.90 Å². The summed E-state index contributed by atoms with van der Waals surface area (Å²) in [5.74, 6) is 1.31. The Hall–Kier alpha value is -2.74. The number of fused-ring (bicyclic) bond motifs is 1. The molecule has 2 aromatic heterocycles. The first kappa shape index (κ1) is 17.7. The summed E-state index contributed by atoms with van der Waals surface area (Å²) in [5.41, 5.74) is 2.06. The van der Waals surface area contributed by atoms with Crippen LogP contribution in [-0.2, 0) is 0 Å². The number of aromatic nitrogens is 4. The minimum atomic E-state index is 0.0708. The molecular weight excluding hydrogens is 344 g/mol. The molecule has 1 aromatic carbocycles. The van der Waals surface area contributed by atoms with E-state index >= 15 is 0 Å². The summed E-state index contributed by atoms with van der Waals surface area (Å²) >= 11 is 0. The van der Waals surface area contributed by atoms with Crippen molar-refractivity contribution in [2.75, 3.05) is 31.1 Å². The number of hydrogen-bond donors (Lipinski definition) is 0. The van der Waals surface area contributed by atoms with Crippen LogP contribution in [0.2, 0.25) is 0 Å². The number of hydrogen-bond acceptors (Lipinski definition) is 8. The van der Waals surface area contributed by atoms with Crippen LogP contribution in [-0.4, -0.2) is 57.3 Å². The molecule has 3 heterocycles. The third kappa shape index (κ3) is 3.71. The van der Waals surface area contributed by atoms with Crippen molar-refractivity contribution in [2.24, 2.45) is 0 Å². The zero-order valence-corrected chi connectivity index (χ0v) is 15.9. The lowest BCUT2D eigenvalue weighted by atomic mass is 10.1. The number of rotatable bonds is 5. The van der Waals surface area contributed by atoms with Crippen LogP contribution in [0.15, 0.2) is 35.4 Å². The average molecular weight is 368 g/mol. The highest BCUT2D eigenvalue weighted by molar-refractivity contribution is 5.86. The van der Waals surface area contributed by atoms with Crippen LogP contribution in [0.25, 0.3) is 10.9 Å². The third-order valence-corrected chi connectivity index (χ3v) is 4.89. The van der Waals surface area contributed by atoms with Crippen LogP contribution in [0.1, 0.15) is 32.7 Å². The predicted octanol–water partition coefficient (Wildman–Crippen LogP) is 2.68. The fourth-order valence-corrected chi connectivity index (χ4v) is 3.42. The van der Waals surface area contributed by atoms with Gasteiger partial charge in [0.15, 0.2) is 6.33 Å². The summed E-state index contributed by atoms with van der Waals surface area (Å²) in [7, 11) is 0. The molecule has 4 rings (SSSR count). The molecule has 0 bridgehead atoms. The molecule has 1 aliphatic rings. The topological polar surface area (TPSA) is 80.4 Å². The van der Waals surface area contributed by atoms with Gasteiger partial charge in [-0.1, -0.05) is 5.16 Å². The molecule has 1 aliphatic heterocycles. The molecule has 1 saturated heterocycles. The molecule has 0 radical (unpaired) electrons. The van der Waals surface area contributed by atoms with Crippen molar-refractivity contribution in [3.63, 3.8) is 0 Å². The summed E-state index contributed by atoms with van der Waals surface area (Å²) < 4.78 is 11.1. The molecule has 1 unspecified atom stereocenters. The highest BCUT2D eigenvalue weighted by Crippen LogP contribution is 2.29. The Morgan fingerprint density at radius 3 is 2.52 bits per heavy atom. The van der Waals surface area contributed by atoms with Gasteiger partial charge < -0.3 is 14.2 Å². The normalized spacial score (nSPS) is 16.8. The molecule has 3 aromatic rings. The molecule has 0 saturated carbocycles. The van der Waals surface area contributed by atoms with Crippen LogP contribution in [0.3, 0.4) is 0 Å². The molecular formula is C19H24N6O2. The van der Waals surface area contributed by atoms with Crippen molar-refractivity contribution in [3.8, 4) is 5.88 Å². The maximum atomic E-state index is 5.86. The van der Waals surface area contributed by atoms with Crippen LogP contribution in [0.4, 0.5) is 5.69 Å². The summed E-state index contributed by atoms with van der Waals surface area (Å²) in [4.78, 5) is 17.6. The second kappa shape index (κ2) is 7.48. The first-order valence-electron chi connectivity index (χ1n) is 9.29. The van der Waals surface area contributed by atoms with Gasteiger partial charge in [0.25, 0.3) is 0 Å². The van der Waals surface area contributed by atoms with Crippen LogP contribution in [0.5, 0.6) is 5.88 Å². The number of piperazine rings is 1. The maximum Gasteiger partial charge on any atom is 0.243 e. The molecule has 1 atom stereocenters.